The fourth-order valence-electron chi connectivity index (χ4n) is 0.542. The zero-order valence-electron chi connectivity index (χ0n) is 8.05. The van der Waals surface area contributed by atoms with Crippen molar-refractivity contribution in [2.45, 2.75) is 13.0 Å². The molecule has 15 heavy (non-hydrogen) atoms. The fourth-order valence-corrected chi connectivity index (χ4v) is 1.05. The van der Waals surface area contributed by atoms with Gasteiger partial charge in [-0.1, -0.05) is 6.58 Å². The molecule has 0 heterocycles. The van der Waals surface area contributed by atoms with Gasteiger partial charge in [-0.15, -0.1) is 11.6 Å². The third-order valence-electron chi connectivity index (χ3n) is 1.22. The Hall–Kier alpha value is -0.390. The molecule has 6 nitrogen and oxygen atoms in total. The molecule has 0 saturated heterocycles. The number of halogens is 1. The van der Waals surface area contributed by atoms with Crippen molar-refractivity contribution in [3.05, 3.63) is 12.2 Å². The maximum Gasteiger partial charge on any atom is 0.469 e. The van der Waals surface area contributed by atoms with Crippen LogP contribution in [0.5, 0.6) is 0 Å². The molecule has 1 unspecified atom stereocenters. The van der Waals surface area contributed by atoms with E-state index in [1.165, 1.54) is 6.92 Å². The van der Waals surface area contributed by atoms with Gasteiger partial charge in [-0.05, 0) is 6.92 Å². The molecule has 0 aliphatic rings. The minimum absolute atomic E-state index is 0.126. The fraction of sp³-hybridized carbons (Fsp3) is 0.571. The first-order valence-corrected chi connectivity index (χ1v) is 5.95. The van der Waals surface area contributed by atoms with Crippen LogP contribution in [-0.2, 0) is 18.6 Å². The van der Waals surface area contributed by atoms with Crippen LogP contribution in [0.15, 0.2) is 12.2 Å². The quantitative estimate of drug-likeness (QED) is 0.317. The summed E-state index contributed by atoms with van der Waals surface area (Å²) in [6, 6.07) is 0. The minimum Gasteiger partial charge on any atom is -0.455 e. The van der Waals surface area contributed by atoms with E-state index in [2.05, 4.69) is 11.1 Å². The van der Waals surface area contributed by atoms with Crippen molar-refractivity contribution in [3.8, 4) is 0 Å². The van der Waals surface area contributed by atoms with Crippen molar-refractivity contribution in [3.63, 3.8) is 0 Å². The summed E-state index contributed by atoms with van der Waals surface area (Å²) in [6.07, 6.45) is -0.913. The summed E-state index contributed by atoms with van der Waals surface area (Å²) in [5, 5.41) is 0. The van der Waals surface area contributed by atoms with E-state index in [1.807, 2.05) is 0 Å². The van der Waals surface area contributed by atoms with E-state index in [1.54, 1.807) is 0 Å². The van der Waals surface area contributed by atoms with Gasteiger partial charge in [0, 0.05) is 5.57 Å². The highest BCUT2D eigenvalue weighted by Crippen LogP contribution is 2.35. The smallest absolute Gasteiger partial charge is 0.455 e. The van der Waals surface area contributed by atoms with Crippen LogP contribution >= 0.6 is 19.4 Å². The molecule has 0 bridgehead atoms. The zero-order valence-corrected chi connectivity index (χ0v) is 9.70. The summed E-state index contributed by atoms with van der Waals surface area (Å²) >= 11 is 5.41. The van der Waals surface area contributed by atoms with Gasteiger partial charge in [0.25, 0.3) is 0 Å². The Morgan fingerprint density at radius 2 is 2.13 bits per heavy atom. The molecule has 0 aliphatic carbocycles. The van der Waals surface area contributed by atoms with Crippen LogP contribution in [0.25, 0.3) is 0 Å². The molecule has 0 spiro atoms. The lowest BCUT2D eigenvalue weighted by Crippen LogP contribution is -2.25. The average molecular weight is 259 g/mol. The summed E-state index contributed by atoms with van der Waals surface area (Å²) in [5.41, 5.74) is 0.168. The maximum absolute atomic E-state index is 11.0. The highest BCUT2D eigenvalue weighted by atomic mass is 35.5. The second kappa shape index (κ2) is 6.25. The van der Waals surface area contributed by atoms with Crippen molar-refractivity contribution < 1.29 is 28.4 Å². The van der Waals surface area contributed by atoms with Gasteiger partial charge in [-0.25, -0.2) is 9.36 Å². The van der Waals surface area contributed by atoms with Crippen molar-refractivity contribution in [2.75, 3.05) is 12.5 Å². The van der Waals surface area contributed by atoms with Crippen LogP contribution in [-0.4, -0.2) is 34.3 Å². The van der Waals surface area contributed by atoms with Crippen molar-refractivity contribution in [1.29, 1.82) is 0 Å². The third-order valence-corrected chi connectivity index (χ3v) is 2.05. The SMILES string of the molecule is C=C(C)C(=O)OC(CCl)COP(=O)(O)O. The monoisotopic (exact) mass is 258 g/mol. The van der Waals surface area contributed by atoms with E-state index < -0.39 is 26.5 Å². The van der Waals surface area contributed by atoms with E-state index in [0.29, 0.717) is 0 Å². The molecular weight excluding hydrogens is 246 g/mol. The van der Waals surface area contributed by atoms with Crippen molar-refractivity contribution in [2.24, 2.45) is 0 Å². The van der Waals surface area contributed by atoms with Crippen LogP contribution in [0.3, 0.4) is 0 Å². The van der Waals surface area contributed by atoms with Crippen LogP contribution in [0.2, 0.25) is 0 Å². The molecule has 0 aromatic heterocycles. The summed E-state index contributed by atoms with van der Waals surface area (Å²) in [5.74, 6) is -0.811. The molecule has 0 amide bonds. The lowest BCUT2D eigenvalue weighted by atomic mass is 10.3. The molecule has 8 heteroatoms. The normalized spacial score (nSPS) is 13.3. The Labute approximate surface area is 92.1 Å². The first kappa shape index (κ1) is 14.6. The minimum atomic E-state index is -4.57. The Bertz CT molecular complexity index is 285. The molecule has 0 aliphatic heterocycles. The molecule has 0 radical (unpaired) electrons. The predicted molar refractivity (Wildman–Crippen MR) is 53.4 cm³/mol. The third kappa shape index (κ3) is 7.53. The van der Waals surface area contributed by atoms with E-state index >= 15 is 0 Å². The number of rotatable bonds is 6. The van der Waals surface area contributed by atoms with Gasteiger partial charge >= 0.3 is 13.8 Å². The number of esters is 1. The van der Waals surface area contributed by atoms with Gasteiger partial charge in [0.05, 0.1) is 12.5 Å². The van der Waals surface area contributed by atoms with Crippen LogP contribution in [0, 0.1) is 0 Å². The van der Waals surface area contributed by atoms with Crippen LogP contribution in [0.4, 0.5) is 0 Å². The Morgan fingerprint density at radius 1 is 1.60 bits per heavy atom. The molecule has 0 rings (SSSR count). The number of carbonyl (C=O) groups excluding carboxylic acids is 1. The van der Waals surface area contributed by atoms with Crippen molar-refractivity contribution in [1.82, 2.24) is 0 Å². The number of ether oxygens (including phenoxy) is 1. The van der Waals surface area contributed by atoms with Gasteiger partial charge < -0.3 is 14.5 Å². The first-order chi connectivity index (χ1) is 6.76. The summed E-state index contributed by atoms with van der Waals surface area (Å²) in [4.78, 5) is 27.8. The van der Waals surface area contributed by atoms with Gasteiger partial charge in [-0.3, -0.25) is 4.52 Å². The van der Waals surface area contributed by atoms with Gasteiger partial charge in [-0.2, -0.15) is 0 Å². The van der Waals surface area contributed by atoms with Gasteiger partial charge in [0.1, 0.15) is 6.10 Å². The van der Waals surface area contributed by atoms with E-state index in [0.717, 1.165) is 0 Å². The van der Waals surface area contributed by atoms with Gasteiger partial charge in [0.15, 0.2) is 0 Å². The molecular formula is C7H12ClO6P. The second-order valence-corrected chi connectivity index (χ2v) is 4.30. The zero-order chi connectivity index (χ0) is 12.1. The lowest BCUT2D eigenvalue weighted by Gasteiger charge is -2.15. The molecule has 0 aromatic rings. The lowest BCUT2D eigenvalue weighted by molar-refractivity contribution is -0.144. The molecule has 2 N–H and O–H groups in total. The maximum atomic E-state index is 11.0. The average Bonchev–Trinajstić information content (AvgIpc) is 2.10. The number of alkyl halides is 1. The number of hydrogen-bond donors (Lipinski definition) is 2. The van der Waals surface area contributed by atoms with E-state index in [9.17, 15) is 9.36 Å². The number of hydrogen-bond acceptors (Lipinski definition) is 4. The number of phosphoric ester groups is 1. The van der Waals surface area contributed by atoms with Crippen LogP contribution < -0.4 is 0 Å². The van der Waals surface area contributed by atoms with Crippen molar-refractivity contribution >= 4 is 25.4 Å². The molecule has 0 fully saturated rings. The summed E-state index contributed by atoms with van der Waals surface area (Å²) in [6.45, 7) is 4.32. The highest BCUT2D eigenvalue weighted by Gasteiger charge is 2.20. The van der Waals surface area contributed by atoms with E-state index in [-0.39, 0.29) is 11.5 Å². The highest BCUT2D eigenvalue weighted by molar-refractivity contribution is 7.46. The number of carbonyl (C=O) groups is 1. The summed E-state index contributed by atoms with van der Waals surface area (Å²) < 4.78 is 19.2. The van der Waals surface area contributed by atoms with E-state index in [4.69, 9.17) is 26.1 Å². The number of phosphoric acid groups is 1. The topological polar surface area (TPSA) is 93.1 Å². The summed E-state index contributed by atoms with van der Waals surface area (Å²) in [7, 11) is -4.57. The molecule has 88 valence electrons. The Balaban J connectivity index is 4.10. The van der Waals surface area contributed by atoms with Crippen LogP contribution in [0.1, 0.15) is 6.92 Å². The largest absolute Gasteiger partial charge is 0.469 e. The second-order valence-electron chi connectivity index (χ2n) is 2.75. The Kier molecular flexibility index (Phi) is 6.09. The molecule has 0 aromatic carbocycles. The Morgan fingerprint density at radius 3 is 2.47 bits per heavy atom. The predicted octanol–water partition coefficient (Wildman–Crippen LogP) is 0.822. The molecule has 1 atom stereocenters. The first-order valence-electron chi connectivity index (χ1n) is 3.89. The standard InChI is InChI=1S/C7H12ClO6P/c1-5(2)7(9)14-6(3-8)4-13-15(10,11)12/h6H,1,3-4H2,2H3,(H2,10,11,12). The van der Waals surface area contributed by atoms with Gasteiger partial charge in [0.2, 0.25) is 0 Å². The molecule has 0 saturated carbocycles.